The molecule has 0 aromatic heterocycles. The van der Waals surface area contributed by atoms with Gasteiger partial charge in [0.1, 0.15) is 0 Å². The second kappa shape index (κ2) is 7.94. The van der Waals surface area contributed by atoms with E-state index < -0.39 is 0 Å². The quantitative estimate of drug-likeness (QED) is 0.787. The second-order valence-corrected chi connectivity index (χ2v) is 5.49. The Morgan fingerprint density at radius 3 is 2.35 bits per heavy atom. The predicted molar refractivity (Wildman–Crippen MR) is 82.9 cm³/mol. The third-order valence-corrected chi connectivity index (χ3v) is 3.11. The van der Waals surface area contributed by atoms with Gasteiger partial charge in [0.25, 0.3) is 0 Å². The third kappa shape index (κ3) is 5.65. The molecule has 0 unspecified atom stereocenters. The summed E-state index contributed by atoms with van der Waals surface area (Å²) in [6.07, 6.45) is 0.302. The summed E-state index contributed by atoms with van der Waals surface area (Å²) in [5.74, 6) is -0.167. The number of nitrogens with one attached hydrogen (secondary N) is 1. The Morgan fingerprint density at radius 2 is 1.85 bits per heavy atom. The highest BCUT2D eigenvalue weighted by Crippen LogP contribution is 2.09. The molecular weight excluding hydrogens is 272 g/mol. The standard InChI is InChI=1S/C15H22N2O2S/c1-4-17(10-14(18)16-11(2)3)15(19)9-12-5-7-13(20)8-6-12/h5-8,11,20H,4,9-10H2,1-3H3,(H,16,18). The second-order valence-electron chi connectivity index (χ2n) is 4.97. The van der Waals surface area contributed by atoms with Crippen LogP contribution in [0.2, 0.25) is 0 Å². The van der Waals surface area contributed by atoms with Gasteiger partial charge in [-0.3, -0.25) is 9.59 Å². The molecule has 2 amide bonds. The molecule has 1 rings (SSSR count). The van der Waals surface area contributed by atoms with Gasteiger partial charge in [-0.05, 0) is 38.5 Å². The van der Waals surface area contributed by atoms with Crippen molar-refractivity contribution in [2.24, 2.45) is 0 Å². The lowest BCUT2D eigenvalue weighted by molar-refractivity contribution is -0.135. The highest BCUT2D eigenvalue weighted by molar-refractivity contribution is 7.80. The topological polar surface area (TPSA) is 49.4 Å². The number of carbonyl (C=O) groups is 2. The summed E-state index contributed by atoms with van der Waals surface area (Å²) in [7, 11) is 0. The lowest BCUT2D eigenvalue weighted by atomic mass is 10.1. The van der Waals surface area contributed by atoms with Gasteiger partial charge in [-0.2, -0.15) is 0 Å². The largest absolute Gasteiger partial charge is 0.352 e. The van der Waals surface area contributed by atoms with Crippen molar-refractivity contribution in [1.82, 2.24) is 10.2 Å². The van der Waals surface area contributed by atoms with Gasteiger partial charge in [-0.1, -0.05) is 12.1 Å². The first kappa shape index (κ1) is 16.6. The number of hydrogen-bond acceptors (Lipinski definition) is 3. The maximum absolute atomic E-state index is 12.2. The summed E-state index contributed by atoms with van der Waals surface area (Å²) in [5.41, 5.74) is 0.926. The Kier molecular flexibility index (Phi) is 6.58. The number of benzene rings is 1. The fraction of sp³-hybridized carbons (Fsp3) is 0.467. The van der Waals surface area contributed by atoms with E-state index in [4.69, 9.17) is 0 Å². The molecule has 5 heteroatoms. The zero-order valence-corrected chi connectivity index (χ0v) is 13.1. The summed E-state index contributed by atoms with van der Waals surface area (Å²) < 4.78 is 0. The third-order valence-electron chi connectivity index (χ3n) is 2.81. The van der Waals surface area contributed by atoms with Crippen LogP contribution in [0.3, 0.4) is 0 Å². The lowest BCUT2D eigenvalue weighted by Crippen LogP contribution is -2.43. The van der Waals surface area contributed by atoms with Crippen LogP contribution in [0.4, 0.5) is 0 Å². The molecule has 0 aliphatic carbocycles. The molecule has 1 aromatic carbocycles. The average Bonchev–Trinajstić information content (AvgIpc) is 2.37. The molecule has 0 saturated heterocycles. The van der Waals surface area contributed by atoms with E-state index in [0.717, 1.165) is 10.5 Å². The van der Waals surface area contributed by atoms with Gasteiger partial charge in [-0.25, -0.2) is 0 Å². The average molecular weight is 294 g/mol. The molecule has 0 heterocycles. The normalized spacial score (nSPS) is 10.4. The Bertz CT molecular complexity index is 457. The zero-order valence-electron chi connectivity index (χ0n) is 12.2. The molecule has 0 aliphatic rings. The number of rotatable bonds is 6. The maximum atomic E-state index is 12.2. The van der Waals surface area contributed by atoms with Gasteiger partial charge in [0.05, 0.1) is 13.0 Å². The van der Waals surface area contributed by atoms with Crippen LogP contribution in [0.1, 0.15) is 26.3 Å². The number of nitrogens with zero attached hydrogens (tertiary/aromatic N) is 1. The van der Waals surface area contributed by atoms with Gasteiger partial charge >= 0.3 is 0 Å². The van der Waals surface area contributed by atoms with Crippen LogP contribution in [0.5, 0.6) is 0 Å². The van der Waals surface area contributed by atoms with Crippen LogP contribution < -0.4 is 5.32 Å². The van der Waals surface area contributed by atoms with E-state index in [0.29, 0.717) is 13.0 Å². The van der Waals surface area contributed by atoms with Crippen LogP contribution >= 0.6 is 12.6 Å². The van der Waals surface area contributed by atoms with Crippen LogP contribution in [0.15, 0.2) is 29.2 Å². The minimum absolute atomic E-state index is 0.0432. The molecule has 0 atom stereocenters. The highest BCUT2D eigenvalue weighted by atomic mass is 32.1. The highest BCUT2D eigenvalue weighted by Gasteiger charge is 2.16. The monoisotopic (exact) mass is 294 g/mol. The molecule has 0 bridgehead atoms. The van der Waals surface area contributed by atoms with Gasteiger partial charge in [0, 0.05) is 17.5 Å². The summed E-state index contributed by atoms with van der Waals surface area (Å²) in [5, 5.41) is 2.79. The van der Waals surface area contributed by atoms with E-state index >= 15 is 0 Å². The molecule has 0 radical (unpaired) electrons. The van der Waals surface area contributed by atoms with E-state index in [1.54, 1.807) is 4.90 Å². The van der Waals surface area contributed by atoms with Gasteiger partial charge in [0.2, 0.25) is 11.8 Å². The first-order valence-electron chi connectivity index (χ1n) is 6.77. The van der Waals surface area contributed by atoms with Gasteiger partial charge in [-0.15, -0.1) is 12.6 Å². The fourth-order valence-electron chi connectivity index (χ4n) is 1.82. The molecule has 110 valence electrons. The Hall–Kier alpha value is -1.49. The number of thiol groups is 1. The van der Waals surface area contributed by atoms with Crippen LogP contribution in [-0.4, -0.2) is 35.8 Å². The Balaban J connectivity index is 2.58. The van der Waals surface area contributed by atoms with Crippen molar-refractivity contribution in [3.63, 3.8) is 0 Å². The van der Waals surface area contributed by atoms with Crippen molar-refractivity contribution in [3.8, 4) is 0 Å². The Morgan fingerprint density at radius 1 is 1.25 bits per heavy atom. The van der Waals surface area contributed by atoms with E-state index in [9.17, 15) is 9.59 Å². The summed E-state index contributed by atoms with van der Waals surface area (Å²) >= 11 is 4.21. The van der Waals surface area contributed by atoms with Crippen molar-refractivity contribution in [2.45, 2.75) is 38.1 Å². The first-order valence-corrected chi connectivity index (χ1v) is 7.22. The van der Waals surface area contributed by atoms with Crippen molar-refractivity contribution in [2.75, 3.05) is 13.1 Å². The van der Waals surface area contributed by atoms with E-state index in [1.165, 1.54) is 0 Å². The summed E-state index contributed by atoms with van der Waals surface area (Å²) in [6, 6.07) is 7.55. The Labute approximate surface area is 126 Å². The molecular formula is C15H22N2O2S. The molecule has 0 spiro atoms. The van der Waals surface area contributed by atoms with E-state index in [-0.39, 0.29) is 24.4 Å². The van der Waals surface area contributed by atoms with Crippen LogP contribution in [0.25, 0.3) is 0 Å². The van der Waals surface area contributed by atoms with Crippen molar-refractivity contribution in [3.05, 3.63) is 29.8 Å². The van der Waals surface area contributed by atoms with Crippen molar-refractivity contribution in [1.29, 1.82) is 0 Å². The molecule has 4 nitrogen and oxygen atoms in total. The predicted octanol–water partition coefficient (Wildman–Crippen LogP) is 1.89. The molecule has 0 aliphatic heterocycles. The summed E-state index contributed by atoms with van der Waals surface area (Å²) in [6.45, 7) is 6.30. The van der Waals surface area contributed by atoms with E-state index in [2.05, 4.69) is 17.9 Å². The number of hydrogen-bond donors (Lipinski definition) is 2. The minimum atomic E-state index is -0.124. The summed E-state index contributed by atoms with van der Waals surface area (Å²) in [4.78, 5) is 26.3. The lowest BCUT2D eigenvalue weighted by Gasteiger charge is -2.21. The fourth-order valence-corrected chi connectivity index (χ4v) is 1.97. The van der Waals surface area contributed by atoms with Gasteiger partial charge < -0.3 is 10.2 Å². The van der Waals surface area contributed by atoms with Crippen LogP contribution in [-0.2, 0) is 16.0 Å². The molecule has 1 N–H and O–H groups in total. The van der Waals surface area contributed by atoms with Gasteiger partial charge in [0.15, 0.2) is 0 Å². The molecule has 0 saturated carbocycles. The number of amides is 2. The smallest absolute Gasteiger partial charge is 0.239 e. The van der Waals surface area contributed by atoms with Crippen molar-refractivity contribution >= 4 is 24.4 Å². The molecule has 20 heavy (non-hydrogen) atoms. The molecule has 1 aromatic rings. The van der Waals surface area contributed by atoms with Crippen LogP contribution in [0, 0.1) is 0 Å². The van der Waals surface area contributed by atoms with E-state index in [1.807, 2.05) is 45.0 Å². The number of likely N-dealkylation sites (N-methyl/N-ethyl adjacent to an activating group) is 1. The SMILES string of the molecule is CCN(CC(=O)NC(C)C)C(=O)Cc1ccc(S)cc1. The maximum Gasteiger partial charge on any atom is 0.239 e. The zero-order chi connectivity index (χ0) is 15.1. The first-order chi connectivity index (χ1) is 9.42. The number of carbonyl (C=O) groups excluding carboxylic acids is 2. The van der Waals surface area contributed by atoms with Crippen molar-refractivity contribution < 1.29 is 9.59 Å². The minimum Gasteiger partial charge on any atom is -0.352 e. The molecule has 0 fully saturated rings.